The molecule has 0 radical (unpaired) electrons. The van der Waals surface area contributed by atoms with Gasteiger partial charge in [-0.2, -0.15) is 0 Å². The second-order valence-electron chi connectivity index (χ2n) is 7.26. The Kier molecular flexibility index (Phi) is 4.45. The zero-order valence-electron chi connectivity index (χ0n) is 12.2. The molecule has 0 amide bonds. The van der Waals surface area contributed by atoms with Crippen LogP contribution in [-0.2, 0) is 0 Å². The fraction of sp³-hybridized carbons (Fsp3) is 1.00. The van der Waals surface area contributed by atoms with Gasteiger partial charge in [0.2, 0.25) is 0 Å². The molecule has 0 aromatic carbocycles. The van der Waals surface area contributed by atoms with Gasteiger partial charge in [-0.05, 0) is 43.1 Å². The van der Waals surface area contributed by atoms with Crippen LogP contribution in [0.25, 0.3) is 0 Å². The average molecular weight is 225 g/mol. The maximum Gasteiger partial charge on any atom is 0.0169 e. The average Bonchev–Trinajstić information content (AvgIpc) is 2.50. The van der Waals surface area contributed by atoms with Gasteiger partial charge >= 0.3 is 0 Å². The summed E-state index contributed by atoms with van der Waals surface area (Å²) in [4.78, 5) is 0. The molecule has 1 fully saturated rings. The van der Waals surface area contributed by atoms with Crippen molar-refractivity contribution < 1.29 is 0 Å². The number of hydrogen-bond acceptors (Lipinski definition) is 1. The smallest absolute Gasteiger partial charge is 0.0169 e. The molecule has 96 valence electrons. The third-order valence-electron chi connectivity index (χ3n) is 4.18. The lowest BCUT2D eigenvalue weighted by Crippen LogP contribution is -2.51. The van der Waals surface area contributed by atoms with Gasteiger partial charge in [-0.1, -0.05) is 47.5 Å². The molecule has 0 aromatic rings. The normalized spacial score (nSPS) is 22.7. The van der Waals surface area contributed by atoms with Crippen LogP contribution >= 0.6 is 0 Å². The van der Waals surface area contributed by atoms with Crippen LogP contribution in [-0.4, -0.2) is 13.1 Å². The number of hydrogen-bond donors (Lipinski definition) is 1. The molecular formula is C15H31N. The van der Waals surface area contributed by atoms with E-state index in [1.807, 2.05) is 0 Å². The van der Waals surface area contributed by atoms with Crippen LogP contribution in [0, 0.1) is 16.7 Å². The maximum atomic E-state index is 3.63. The summed E-state index contributed by atoms with van der Waals surface area (Å²) in [6.45, 7) is 11.9. The third-order valence-corrected chi connectivity index (χ3v) is 4.18. The van der Waals surface area contributed by atoms with Crippen molar-refractivity contribution in [2.45, 2.75) is 72.8 Å². The Morgan fingerprint density at radius 2 is 1.62 bits per heavy atom. The van der Waals surface area contributed by atoms with Gasteiger partial charge in [0.1, 0.15) is 0 Å². The van der Waals surface area contributed by atoms with Crippen molar-refractivity contribution in [1.29, 1.82) is 0 Å². The number of rotatable bonds is 4. The van der Waals surface area contributed by atoms with Crippen molar-refractivity contribution in [1.82, 2.24) is 5.32 Å². The molecule has 1 rings (SSSR count). The summed E-state index contributed by atoms with van der Waals surface area (Å²) in [5, 5.41) is 3.63. The van der Waals surface area contributed by atoms with Crippen molar-refractivity contribution in [3.8, 4) is 0 Å². The Labute approximate surface area is 102 Å². The van der Waals surface area contributed by atoms with Crippen molar-refractivity contribution in [3.05, 3.63) is 0 Å². The highest BCUT2D eigenvalue weighted by Crippen LogP contribution is 2.50. The quantitative estimate of drug-likeness (QED) is 0.755. The first-order valence-corrected chi connectivity index (χ1v) is 6.99. The van der Waals surface area contributed by atoms with Gasteiger partial charge in [0.25, 0.3) is 0 Å². The SMILES string of the molecule is CNC(C(C)(C)C)C1(CC(C)C)CCCC1. The van der Waals surface area contributed by atoms with E-state index in [-0.39, 0.29) is 0 Å². The Hall–Kier alpha value is -0.0400. The predicted octanol–water partition coefficient (Wildman–Crippen LogP) is 4.23. The van der Waals surface area contributed by atoms with E-state index < -0.39 is 0 Å². The molecule has 0 spiro atoms. The van der Waals surface area contributed by atoms with Crippen molar-refractivity contribution in [2.24, 2.45) is 16.7 Å². The third kappa shape index (κ3) is 3.00. The first-order valence-electron chi connectivity index (χ1n) is 6.99. The standard InChI is InChI=1S/C15H31N/c1-12(2)11-15(9-7-8-10-15)13(16-6)14(3,4)5/h12-13,16H,7-11H2,1-6H3. The molecule has 16 heavy (non-hydrogen) atoms. The van der Waals surface area contributed by atoms with Gasteiger partial charge in [0.15, 0.2) is 0 Å². The van der Waals surface area contributed by atoms with Gasteiger partial charge in [0, 0.05) is 6.04 Å². The molecule has 1 aliphatic carbocycles. The summed E-state index contributed by atoms with van der Waals surface area (Å²) in [6, 6.07) is 0.657. The van der Waals surface area contributed by atoms with Crippen LogP contribution < -0.4 is 5.32 Å². The van der Waals surface area contributed by atoms with E-state index in [2.05, 4.69) is 47.0 Å². The van der Waals surface area contributed by atoms with Gasteiger partial charge in [-0.25, -0.2) is 0 Å². The Bertz CT molecular complexity index is 206. The minimum Gasteiger partial charge on any atom is -0.316 e. The minimum atomic E-state index is 0.369. The van der Waals surface area contributed by atoms with Gasteiger partial charge in [0.05, 0.1) is 0 Å². The second-order valence-corrected chi connectivity index (χ2v) is 7.26. The van der Waals surface area contributed by atoms with Crippen LogP contribution in [0.2, 0.25) is 0 Å². The molecule has 0 aromatic heterocycles. The van der Waals surface area contributed by atoms with Crippen LogP contribution in [0.3, 0.4) is 0 Å². The van der Waals surface area contributed by atoms with E-state index in [4.69, 9.17) is 0 Å². The van der Waals surface area contributed by atoms with Gasteiger partial charge in [-0.15, -0.1) is 0 Å². The summed E-state index contributed by atoms with van der Waals surface area (Å²) in [5.74, 6) is 0.816. The second kappa shape index (κ2) is 5.08. The van der Waals surface area contributed by atoms with Crippen molar-refractivity contribution in [3.63, 3.8) is 0 Å². The summed E-state index contributed by atoms with van der Waals surface area (Å²) in [5.41, 5.74) is 0.926. The van der Waals surface area contributed by atoms with Gasteiger partial charge < -0.3 is 5.32 Å². The highest BCUT2D eigenvalue weighted by molar-refractivity contribution is 4.99. The molecule has 0 heterocycles. The highest BCUT2D eigenvalue weighted by atomic mass is 14.9. The lowest BCUT2D eigenvalue weighted by molar-refractivity contribution is 0.0806. The van der Waals surface area contributed by atoms with Crippen LogP contribution in [0.5, 0.6) is 0 Å². The Balaban J connectivity index is 2.90. The van der Waals surface area contributed by atoms with E-state index in [9.17, 15) is 0 Å². The van der Waals surface area contributed by atoms with Gasteiger partial charge in [-0.3, -0.25) is 0 Å². The molecule has 1 heteroatoms. The van der Waals surface area contributed by atoms with Crippen molar-refractivity contribution in [2.75, 3.05) is 7.05 Å². The lowest BCUT2D eigenvalue weighted by Gasteiger charge is -2.46. The first-order chi connectivity index (χ1) is 7.32. The topological polar surface area (TPSA) is 12.0 Å². The number of nitrogens with one attached hydrogen (secondary N) is 1. The zero-order valence-corrected chi connectivity index (χ0v) is 12.2. The van der Waals surface area contributed by atoms with E-state index in [0.717, 1.165) is 5.92 Å². The first kappa shape index (κ1) is 14.0. The molecule has 1 nitrogen and oxygen atoms in total. The summed E-state index contributed by atoms with van der Waals surface area (Å²) in [6.07, 6.45) is 7.10. The monoisotopic (exact) mass is 225 g/mol. The molecule has 1 aliphatic rings. The van der Waals surface area contributed by atoms with E-state index in [1.54, 1.807) is 0 Å². The lowest BCUT2D eigenvalue weighted by atomic mass is 9.64. The highest BCUT2D eigenvalue weighted by Gasteiger charge is 2.45. The fourth-order valence-corrected chi connectivity index (χ4v) is 4.16. The zero-order chi connectivity index (χ0) is 12.4. The predicted molar refractivity (Wildman–Crippen MR) is 72.7 cm³/mol. The minimum absolute atomic E-state index is 0.369. The van der Waals surface area contributed by atoms with Crippen LogP contribution in [0.4, 0.5) is 0 Å². The Morgan fingerprint density at radius 3 is 1.94 bits per heavy atom. The summed E-state index contributed by atoms with van der Waals surface area (Å²) in [7, 11) is 2.15. The molecule has 1 atom stereocenters. The van der Waals surface area contributed by atoms with Crippen LogP contribution in [0.1, 0.15) is 66.7 Å². The van der Waals surface area contributed by atoms with E-state index >= 15 is 0 Å². The molecule has 1 unspecified atom stereocenters. The van der Waals surface area contributed by atoms with E-state index in [0.29, 0.717) is 16.9 Å². The van der Waals surface area contributed by atoms with Crippen molar-refractivity contribution >= 4 is 0 Å². The largest absolute Gasteiger partial charge is 0.316 e. The summed E-state index contributed by atoms with van der Waals surface area (Å²) < 4.78 is 0. The molecule has 1 N–H and O–H groups in total. The molecule has 0 bridgehead atoms. The Morgan fingerprint density at radius 1 is 1.12 bits per heavy atom. The molecule has 1 saturated carbocycles. The molecular weight excluding hydrogens is 194 g/mol. The fourth-order valence-electron chi connectivity index (χ4n) is 4.16. The van der Waals surface area contributed by atoms with Crippen LogP contribution in [0.15, 0.2) is 0 Å². The molecule has 0 aliphatic heterocycles. The summed E-state index contributed by atoms with van der Waals surface area (Å²) >= 11 is 0. The van der Waals surface area contributed by atoms with E-state index in [1.165, 1.54) is 32.1 Å². The molecule has 0 saturated heterocycles. The maximum absolute atomic E-state index is 3.63.